The molecule has 1 saturated carbocycles. The lowest BCUT2D eigenvalue weighted by Crippen LogP contribution is -2.25. The first-order chi connectivity index (χ1) is 10.6. The largest absolute Gasteiger partial charge is 0.497 e. The second kappa shape index (κ2) is 7.97. The van der Waals surface area contributed by atoms with Crippen molar-refractivity contribution < 1.29 is 19.4 Å². The van der Waals surface area contributed by atoms with E-state index in [9.17, 15) is 14.7 Å². The van der Waals surface area contributed by atoms with E-state index in [2.05, 4.69) is 0 Å². The van der Waals surface area contributed by atoms with Crippen LogP contribution in [0.4, 0.5) is 0 Å². The molecule has 1 unspecified atom stereocenters. The van der Waals surface area contributed by atoms with Crippen molar-refractivity contribution in [2.75, 3.05) is 7.11 Å². The van der Waals surface area contributed by atoms with Crippen LogP contribution in [0.15, 0.2) is 24.3 Å². The number of ketones is 1. The number of ether oxygens (including phenoxy) is 1. The van der Waals surface area contributed by atoms with E-state index < -0.39 is 11.9 Å². The van der Waals surface area contributed by atoms with E-state index in [1.807, 2.05) is 24.3 Å². The van der Waals surface area contributed by atoms with E-state index in [1.54, 1.807) is 7.11 Å². The van der Waals surface area contributed by atoms with Gasteiger partial charge in [0, 0.05) is 12.3 Å². The summed E-state index contributed by atoms with van der Waals surface area (Å²) in [5.74, 6) is -0.648. The molecule has 120 valence electrons. The minimum absolute atomic E-state index is 0.0703. The Morgan fingerprint density at radius 3 is 2.64 bits per heavy atom. The summed E-state index contributed by atoms with van der Waals surface area (Å²) in [5, 5.41) is 9.42. The average molecular weight is 304 g/mol. The average Bonchev–Trinajstić information content (AvgIpc) is 2.55. The number of carbonyl (C=O) groups is 2. The van der Waals surface area contributed by atoms with E-state index in [0.29, 0.717) is 12.2 Å². The molecule has 1 aliphatic rings. The highest BCUT2D eigenvalue weighted by atomic mass is 16.5. The van der Waals surface area contributed by atoms with Gasteiger partial charge in [0.15, 0.2) is 0 Å². The van der Waals surface area contributed by atoms with Crippen LogP contribution in [0.5, 0.6) is 5.75 Å². The molecule has 4 nitrogen and oxygen atoms in total. The molecule has 0 aliphatic heterocycles. The Balaban J connectivity index is 1.99. The highest BCUT2D eigenvalue weighted by Gasteiger charge is 2.27. The van der Waals surface area contributed by atoms with Crippen LogP contribution >= 0.6 is 0 Å². The first-order valence-corrected chi connectivity index (χ1v) is 7.98. The van der Waals surface area contributed by atoms with Crippen LogP contribution in [-0.4, -0.2) is 24.0 Å². The molecule has 4 heteroatoms. The Labute approximate surface area is 131 Å². The number of benzene rings is 1. The summed E-state index contributed by atoms with van der Waals surface area (Å²) in [6.45, 7) is 0. The van der Waals surface area contributed by atoms with Crippen LogP contribution in [0, 0.1) is 11.8 Å². The fourth-order valence-electron chi connectivity index (χ4n) is 3.16. The SMILES string of the molecule is COc1cccc(CC(CC(=O)C2CCCCC2)C(=O)O)c1. The van der Waals surface area contributed by atoms with Crippen molar-refractivity contribution in [1.82, 2.24) is 0 Å². The Hall–Kier alpha value is -1.84. The Bertz CT molecular complexity index is 518. The van der Waals surface area contributed by atoms with Crippen molar-refractivity contribution in [3.05, 3.63) is 29.8 Å². The predicted molar refractivity (Wildman–Crippen MR) is 84.0 cm³/mol. The molecular formula is C18H24O4. The van der Waals surface area contributed by atoms with E-state index in [4.69, 9.17) is 4.74 Å². The molecular weight excluding hydrogens is 280 g/mol. The van der Waals surface area contributed by atoms with Crippen molar-refractivity contribution in [2.24, 2.45) is 11.8 Å². The summed E-state index contributed by atoms with van der Waals surface area (Å²) in [5.41, 5.74) is 0.892. The number of carboxylic acids is 1. The second-order valence-electron chi connectivity index (χ2n) is 6.10. The van der Waals surface area contributed by atoms with Crippen LogP contribution < -0.4 is 4.74 Å². The number of carboxylic acid groups (broad SMARTS) is 1. The lowest BCUT2D eigenvalue weighted by molar-refractivity contribution is -0.144. The van der Waals surface area contributed by atoms with Crippen molar-refractivity contribution in [3.63, 3.8) is 0 Å². The molecule has 1 atom stereocenters. The number of rotatable bonds is 7. The minimum atomic E-state index is -0.896. The summed E-state index contributed by atoms with van der Waals surface area (Å²) >= 11 is 0. The third-order valence-corrected chi connectivity index (χ3v) is 4.47. The van der Waals surface area contributed by atoms with Gasteiger partial charge in [0.2, 0.25) is 0 Å². The van der Waals surface area contributed by atoms with Gasteiger partial charge in [-0.25, -0.2) is 0 Å². The summed E-state index contributed by atoms with van der Waals surface area (Å²) in [4.78, 5) is 23.8. The van der Waals surface area contributed by atoms with Gasteiger partial charge in [-0.15, -0.1) is 0 Å². The molecule has 0 spiro atoms. The molecule has 0 aromatic heterocycles. The Kier molecular flexibility index (Phi) is 5.99. The maximum absolute atomic E-state index is 12.3. The Morgan fingerprint density at radius 1 is 1.27 bits per heavy atom. The summed E-state index contributed by atoms with van der Waals surface area (Å²) < 4.78 is 5.16. The van der Waals surface area contributed by atoms with Crippen LogP contribution in [0.1, 0.15) is 44.1 Å². The zero-order valence-electron chi connectivity index (χ0n) is 13.1. The van der Waals surface area contributed by atoms with E-state index in [0.717, 1.165) is 31.2 Å². The third-order valence-electron chi connectivity index (χ3n) is 4.47. The highest BCUT2D eigenvalue weighted by molar-refractivity contribution is 5.85. The molecule has 1 aliphatic carbocycles. The Morgan fingerprint density at radius 2 is 2.00 bits per heavy atom. The maximum atomic E-state index is 12.3. The number of hydrogen-bond acceptors (Lipinski definition) is 3. The molecule has 1 aromatic carbocycles. The van der Waals surface area contributed by atoms with Gasteiger partial charge in [0.05, 0.1) is 13.0 Å². The topological polar surface area (TPSA) is 63.6 Å². The molecule has 0 radical (unpaired) electrons. The number of hydrogen-bond donors (Lipinski definition) is 1. The summed E-state index contributed by atoms with van der Waals surface area (Å²) in [6, 6.07) is 7.38. The van der Waals surface area contributed by atoms with Gasteiger partial charge in [0.1, 0.15) is 11.5 Å². The van der Waals surface area contributed by atoms with Gasteiger partial charge in [-0.3, -0.25) is 9.59 Å². The van der Waals surface area contributed by atoms with E-state index in [1.165, 1.54) is 6.42 Å². The molecule has 1 fully saturated rings. The zero-order chi connectivity index (χ0) is 15.9. The maximum Gasteiger partial charge on any atom is 0.307 e. The second-order valence-corrected chi connectivity index (χ2v) is 6.10. The number of carbonyl (C=O) groups excluding carboxylic acids is 1. The molecule has 1 aromatic rings. The van der Waals surface area contributed by atoms with Gasteiger partial charge in [0.25, 0.3) is 0 Å². The molecule has 0 amide bonds. The van der Waals surface area contributed by atoms with Crippen LogP contribution in [0.2, 0.25) is 0 Å². The standard InChI is InChI=1S/C18H24O4/c1-22-16-9-5-6-13(11-16)10-15(18(20)21)12-17(19)14-7-3-2-4-8-14/h5-6,9,11,14-15H,2-4,7-8,10,12H2,1H3,(H,20,21). The van der Waals surface area contributed by atoms with Crippen LogP contribution in [0.3, 0.4) is 0 Å². The van der Waals surface area contributed by atoms with Crippen molar-refractivity contribution in [2.45, 2.75) is 44.9 Å². The van der Waals surface area contributed by atoms with Gasteiger partial charge in [-0.1, -0.05) is 31.4 Å². The lowest BCUT2D eigenvalue weighted by Gasteiger charge is -2.22. The number of aliphatic carboxylic acids is 1. The van der Waals surface area contributed by atoms with Gasteiger partial charge in [-0.05, 0) is 37.0 Å². The quantitative estimate of drug-likeness (QED) is 0.837. The third kappa shape index (κ3) is 4.58. The molecule has 2 rings (SSSR count). The molecule has 22 heavy (non-hydrogen) atoms. The van der Waals surface area contributed by atoms with E-state index >= 15 is 0 Å². The fourth-order valence-corrected chi connectivity index (χ4v) is 3.16. The highest BCUT2D eigenvalue weighted by Crippen LogP contribution is 2.27. The summed E-state index contributed by atoms with van der Waals surface area (Å²) in [7, 11) is 1.58. The predicted octanol–water partition coefficient (Wildman–Crippen LogP) is 3.48. The van der Waals surface area contributed by atoms with Crippen molar-refractivity contribution in [3.8, 4) is 5.75 Å². The molecule has 1 N–H and O–H groups in total. The minimum Gasteiger partial charge on any atom is -0.497 e. The summed E-state index contributed by atoms with van der Waals surface area (Å²) in [6.07, 6.45) is 5.71. The van der Waals surface area contributed by atoms with Gasteiger partial charge >= 0.3 is 5.97 Å². The first-order valence-electron chi connectivity index (χ1n) is 7.98. The van der Waals surface area contributed by atoms with Crippen molar-refractivity contribution in [1.29, 1.82) is 0 Å². The molecule has 0 saturated heterocycles. The van der Waals surface area contributed by atoms with E-state index in [-0.39, 0.29) is 18.1 Å². The van der Waals surface area contributed by atoms with Crippen molar-refractivity contribution >= 4 is 11.8 Å². The molecule has 0 bridgehead atoms. The number of methoxy groups -OCH3 is 1. The van der Waals surface area contributed by atoms with Gasteiger partial charge < -0.3 is 9.84 Å². The number of Topliss-reactive ketones (excluding diaryl/α,β-unsaturated/α-hetero) is 1. The monoisotopic (exact) mass is 304 g/mol. The van der Waals surface area contributed by atoms with Crippen LogP contribution in [0.25, 0.3) is 0 Å². The fraction of sp³-hybridized carbons (Fsp3) is 0.556. The van der Waals surface area contributed by atoms with Crippen LogP contribution in [-0.2, 0) is 16.0 Å². The molecule has 0 heterocycles. The van der Waals surface area contributed by atoms with Gasteiger partial charge in [-0.2, -0.15) is 0 Å². The first kappa shape index (κ1) is 16.5. The zero-order valence-corrected chi connectivity index (χ0v) is 13.1. The lowest BCUT2D eigenvalue weighted by atomic mass is 9.82. The normalized spacial score (nSPS) is 17.0. The smallest absolute Gasteiger partial charge is 0.307 e.